The maximum absolute atomic E-state index is 12.5. The van der Waals surface area contributed by atoms with Crippen LogP contribution < -0.4 is 0 Å². The van der Waals surface area contributed by atoms with Crippen molar-refractivity contribution < 1.29 is 27.5 Å². The predicted octanol–water partition coefficient (Wildman–Crippen LogP) is 4.21. The van der Waals surface area contributed by atoms with Crippen molar-refractivity contribution in [2.75, 3.05) is 19.0 Å². The van der Waals surface area contributed by atoms with Crippen LogP contribution in [0.25, 0.3) is 0 Å². The van der Waals surface area contributed by atoms with Gasteiger partial charge in [0.25, 0.3) is 0 Å². The Labute approximate surface area is 165 Å². The Bertz CT molecular complexity index is 501. The molecule has 0 aromatic carbocycles. The van der Waals surface area contributed by atoms with Crippen molar-refractivity contribution in [3.8, 4) is 0 Å². The first-order valence-electron chi connectivity index (χ1n) is 10.4. The summed E-state index contributed by atoms with van der Waals surface area (Å²) in [5, 5.41) is -1.46. The highest BCUT2D eigenvalue weighted by Crippen LogP contribution is 2.15. The van der Waals surface area contributed by atoms with E-state index in [0.717, 1.165) is 19.3 Å². The summed E-state index contributed by atoms with van der Waals surface area (Å²) >= 11 is 0. The van der Waals surface area contributed by atoms with E-state index >= 15 is 0 Å². The summed E-state index contributed by atoms with van der Waals surface area (Å²) < 4.78 is 34.7. The van der Waals surface area contributed by atoms with Gasteiger partial charge in [-0.3, -0.25) is 9.59 Å². The fourth-order valence-corrected chi connectivity index (χ4v) is 4.54. The molecule has 0 N–H and O–H groups in total. The van der Waals surface area contributed by atoms with Crippen LogP contribution >= 0.6 is 0 Å². The molecule has 0 aliphatic heterocycles. The molecule has 6 nitrogen and oxygen atoms in total. The van der Waals surface area contributed by atoms with Gasteiger partial charge in [0.15, 0.2) is 15.1 Å². The molecule has 0 aromatic heterocycles. The van der Waals surface area contributed by atoms with Crippen molar-refractivity contribution in [2.45, 2.75) is 96.7 Å². The van der Waals surface area contributed by atoms with Crippen LogP contribution in [0.5, 0.6) is 0 Å². The van der Waals surface area contributed by atoms with Crippen LogP contribution in [0.2, 0.25) is 0 Å². The second-order valence-corrected chi connectivity index (χ2v) is 9.10. The smallest absolute Gasteiger partial charge is 0.324 e. The molecule has 0 radical (unpaired) electrons. The Morgan fingerprint density at radius 2 is 1.22 bits per heavy atom. The summed E-state index contributed by atoms with van der Waals surface area (Å²) in [5.74, 6) is -1.66. The van der Waals surface area contributed by atoms with Crippen LogP contribution in [-0.2, 0) is 28.9 Å². The maximum atomic E-state index is 12.5. The van der Waals surface area contributed by atoms with Gasteiger partial charge in [0.05, 0.1) is 25.4 Å². The maximum Gasteiger partial charge on any atom is 0.324 e. The van der Waals surface area contributed by atoms with Crippen molar-refractivity contribution in [3.05, 3.63) is 0 Å². The van der Waals surface area contributed by atoms with E-state index in [2.05, 4.69) is 6.92 Å². The second kappa shape index (κ2) is 15.9. The molecule has 0 aliphatic rings. The first kappa shape index (κ1) is 25.9. The number of hydrogen-bond acceptors (Lipinski definition) is 6. The summed E-state index contributed by atoms with van der Waals surface area (Å²) in [6, 6.07) is 0. The van der Waals surface area contributed by atoms with Crippen LogP contribution in [0.15, 0.2) is 0 Å². The largest absolute Gasteiger partial charge is 0.466 e. The molecule has 1 unspecified atom stereocenters. The SMILES string of the molecule is CCCCCCCCCCCCS(=O)(=O)C(CC(=O)OCC)C(=O)OCC. The minimum atomic E-state index is -3.74. The van der Waals surface area contributed by atoms with Gasteiger partial charge in [0.1, 0.15) is 0 Å². The molecule has 0 bridgehead atoms. The van der Waals surface area contributed by atoms with Crippen molar-refractivity contribution in [2.24, 2.45) is 0 Å². The fraction of sp³-hybridized carbons (Fsp3) is 0.900. The third kappa shape index (κ3) is 12.8. The lowest BCUT2D eigenvalue weighted by Crippen LogP contribution is -2.36. The summed E-state index contributed by atoms with van der Waals surface area (Å²) in [4.78, 5) is 23.7. The Kier molecular flexibility index (Phi) is 15.2. The molecular formula is C20H38O6S. The number of unbranched alkanes of at least 4 members (excludes halogenated alkanes) is 9. The van der Waals surface area contributed by atoms with Gasteiger partial charge in [-0.25, -0.2) is 8.42 Å². The fourth-order valence-electron chi connectivity index (χ4n) is 2.90. The molecule has 0 heterocycles. The molecule has 27 heavy (non-hydrogen) atoms. The van der Waals surface area contributed by atoms with E-state index in [1.54, 1.807) is 13.8 Å². The van der Waals surface area contributed by atoms with Gasteiger partial charge in [0.2, 0.25) is 0 Å². The van der Waals surface area contributed by atoms with Gasteiger partial charge in [-0.15, -0.1) is 0 Å². The lowest BCUT2D eigenvalue weighted by Gasteiger charge is -2.15. The highest BCUT2D eigenvalue weighted by Gasteiger charge is 2.35. The number of rotatable bonds is 17. The molecule has 0 saturated heterocycles. The average Bonchev–Trinajstić information content (AvgIpc) is 2.61. The van der Waals surface area contributed by atoms with Crippen LogP contribution in [0.1, 0.15) is 91.4 Å². The number of sulfone groups is 1. The Morgan fingerprint density at radius 1 is 0.741 bits per heavy atom. The molecule has 0 amide bonds. The molecule has 0 saturated carbocycles. The van der Waals surface area contributed by atoms with E-state index in [1.807, 2.05) is 0 Å². The minimum absolute atomic E-state index is 0.0753. The normalized spacial score (nSPS) is 12.6. The topological polar surface area (TPSA) is 86.7 Å². The van der Waals surface area contributed by atoms with E-state index in [-0.39, 0.29) is 19.0 Å². The number of carbonyl (C=O) groups is 2. The van der Waals surface area contributed by atoms with Crippen LogP contribution in [0.3, 0.4) is 0 Å². The van der Waals surface area contributed by atoms with Crippen LogP contribution in [0.4, 0.5) is 0 Å². The molecule has 160 valence electrons. The first-order chi connectivity index (χ1) is 12.9. The highest BCUT2D eigenvalue weighted by molar-refractivity contribution is 7.92. The lowest BCUT2D eigenvalue weighted by atomic mass is 10.1. The van der Waals surface area contributed by atoms with Gasteiger partial charge in [0, 0.05) is 0 Å². The number of esters is 2. The third-order valence-electron chi connectivity index (χ3n) is 4.42. The zero-order chi connectivity index (χ0) is 20.5. The zero-order valence-corrected chi connectivity index (χ0v) is 18.2. The van der Waals surface area contributed by atoms with Crippen LogP contribution in [-0.4, -0.2) is 44.6 Å². The summed E-state index contributed by atoms with van der Waals surface area (Å²) in [5.41, 5.74) is 0. The standard InChI is InChI=1S/C20H38O6S/c1-4-7-8-9-10-11-12-13-14-15-16-27(23,24)18(20(22)26-6-3)17-19(21)25-5-2/h18H,4-17H2,1-3H3. The van der Waals surface area contributed by atoms with E-state index in [4.69, 9.17) is 9.47 Å². The highest BCUT2D eigenvalue weighted by atomic mass is 32.2. The Hall–Kier alpha value is -1.11. The molecule has 0 fully saturated rings. The zero-order valence-electron chi connectivity index (χ0n) is 17.3. The molecular weight excluding hydrogens is 368 g/mol. The molecule has 7 heteroatoms. The van der Waals surface area contributed by atoms with Gasteiger partial charge in [-0.05, 0) is 20.3 Å². The lowest BCUT2D eigenvalue weighted by molar-refractivity contribution is -0.149. The van der Waals surface area contributed by atoms with Crippen LogP contribution in [0, 0.1) is 0 Å². The van der Waals surface area contributed by atoms with Gasteiger partial charge in [-0.2, -0.15) is 0 Å². The number of carbonyl (C=O) groups excluding carboxylic acids is 2. The van der Waals surface area contributed by atoms with Gasteiger partial charge < -0.3 is 9.47 Å². The summed E-state index contributed by atoms with van der Waals surface area (Å²) in [6.07, 6.45) is 10.5. The van der Waals surface area contributed by atoms with Crippen molar-refractivity contribution in [3.63, 3.8) is 0 Å². The van der Waals surface area contributed by atoms with Crippen molar-refractivity contribution >= 4 is 21.8 Å². The number of ether oxygens (including phenoxy) is 2. The van der Waals surface area contributed by atoms with Crippen molar-refractivity contribution in [1.29, 1.82) is 0 Å². The predicted molar refractivity (Wildman–Crippen MR) is 107 cm³/mol. The quantitative estimate of drug-likeness (QED) is 0.266. The van der Waals surface area contributed by atoms with E-state index in [9.17, 15) is 18.0 Å². The Balaban J connectivity index is 4.28. The third-order valence-corrected chi connectivity index (χ3v) is 6.51. The number of hydrogen-bond donors (Lipinski definition) is 0. The van der Waals surface area contributed by atoms with E-state index in [1.165, 1.54) is 38.5 Å². The molecule has 0 aliphatic carbocycles. The molecule has 0 aromatic rings. The second-order valence-electron chi connectivity index (χ2n) is 6.80. The molecule has 0 spiro atoms. The monoisotopic (exact) mass is 406 g/mol. The summed E-state index contributed by atoms with van der Waals surface area (Å²) in [6.45, 7) is 5.66. The van der Waals surface area contributed by atoms with Gasteiger partial charge >= 0.3 is 11.9 Å². The molecule has 0 rings (SSSR count). The Morgan fingerprint density at radius 3 is 1.70 bits per heavy atom. The van der Waals surface area contributed by atoms with Gasteiger partial charge in [-0.1, -0.05) is 64.7 Å². The average molecular weight is 407 g/mol. The van der Waals surface area contributed by atoms with Crippen molar-refractivity contribution in [1.82, 2.24) is 0 Å². The first-order valence-corrected chi connectivity index (χ1v) is 12.1. The summed E-state index contributed by atoms with van der Waals surface area (Å²) in [7, 11) is -3.74. The molecule has 1 atom stereocenters. The minimum Gasteiger partial charge on any atom is -0.466 e. The van der Waals surface area contributed by atoms with E-state index < -0.39 is 33.4 Å². The van der Waals surface area contributed by atoms with E-state index in [0.29, 0.717) is 6.42 Å².